The van der Waals surface area contributed by atoms with E-state index in [9.17, 15) is 18.0 Å². The van der Waals surface area contributed by atoms with Crippen LogP contribution in [0.3, 0.4) is 0 Å². The van der Waals surface area contributed by atoms with E-state index >= 15 is 0 Å². The van der Waals surface area contributed by atoms with Crippen LogP contribution >= 0.6 is 11.6 Å². The number of allylic oxidation sites excluding steroid dienone is 1. The van der Waals surface area contributed by atoms with Crippen molar-refractivity contribution in [2.24, 2.45) is 17.8 Å². The van der Waals surface area contributed by atoms with Crippen LogP contribution in [0.2, 0.25) is 5.02 Å². The summed E-state index contributed by atoms with van der Waals surface area (Å²) >= 11 is 6.45. The number of anilines is 1. The van der Waals surface area contributed by atoms with E-state index in [1.165, 1.54) is 11.1 Å². The van der Waals surface area contributed by atoms with Gasteiger partial charge in [-0.15, -0.1) is 0 Å². The highest BCUT2D eigenvalue weighted by Gasteiger charge is 2.45. The molecule has 9 nitrogen and oxygen atoms in total. The van der Waals surface area contributed by atoms with Crippen molar-refractivity contribution in [3.63, 3.8) is 0 Å². The quantitative estimate of drug-likeness (QED) is 0.381. The molecule has 2 heterocycles. The molecule has 6 rings (SSSR count). The van der Waals surface area contributed by atoms with E-state index in [-0.39, 0.29) is 40.7 Å². The molecule has 1 fully saturated rings. The van der Waals surface area contributed by atoms with Gasteiger partial charge in [0.05, 0.1) is 23.6 Å². The van der Waals surface area contributed by atoms with Crippen molar-refractivity contribution >= 4 is 39.1 Å². The molecular weight excluding hydrogens is 662 g/mol. The van der Waals surface area contributed by atoms with E-state index in [4.69, 9.17) is 21.1 Å². The van der Waals surface area contributed by atoms with Crippen LogP contribution in [0.4, 0.5) is 5.69 Å². The first-order valence-electron chi connectivity index (χ1n) is 17.7. The minimum Gasteiger partial charge on any atom is -0.490 e. The van der Waals surface area contributed by atoms with Crippen LogP contribution in [-0.4, -0.2) is 76.4 Å². The van der Waals surface area contributed by atoms with Crippen LogP contribution in [0.15, 0.2) is 48.6 Å². The number of halogens is 1. The van der Waals surface area contributed by atoms with Gasteiger partial charge in [0, 0.05) is 43.2 Å². The van der Waals surface area contributed by atoms with E-state index in [1.54, 1.807) is 44.1 Å². The zero-order chi connectivity index (χ0) is 35.1. The van der Waals surface area contributed by atoms with Crippen molar-refractivity contribution in [3.8, 4) is 5.75 Å². The summed E-state index contributed by atoms with van der Waals surface area (Å²) in [6.07, 6.45) is 9.07. The Morgan fingerprint density at radius 2 is 1.98 bits per heavy atom. The number of aryl methyl sites for hydroxylation is 1. The van der Waals surface area contributed by atoms with Crippen LogP contribution in [0.25, 0.3) is 0 Å². The van der Waals surface area contributed by atoms with Gasteiger partial charge in [0.2, 0.25) is 10.0 Å². The molecule has 1 saturated carbocycles. The maximum atomic E-state index is 13.5. The molecule has 2 aromatic carbocycles. The number of hydrogen-bond acceptors (Lipinski definition) is 7. The number of fused-ring (bicyclic) bond motifs is 4. The highest BCUT2D eigenvalue weighted by molar-refractivity contribution is 7.90. The maximum absolute atomic E-state index is 13.5. The lowest BCUT2D eigenvalue weighted by Crippen LogP contribution is -2.50. The summed E-state index contributed by atoms with van der Waals surface area (Å²) in [5.41, 5.74) is 3.25. The molecular formula is C38H50ClN3O6S. The number of amides is 2. The number of sulfonamides is 1. The number of rotatable bonds is 4. The van der Waals surface area contributed by atoms with Crippen LogP contribution in [0.5, 0.6) is 5.75 Å². The molecule has 0 radical (unpaired) electrons. The topological polar surface area (TPSA) is 105 Å². The van der Waals surface area contributed by atoms with Gasteiger partial charge in [0.15, 0.2) is 0 Å². The molecule has 11 heteroatoms. The van der Waals surface area contributed by atoms with Gasteiger partial charge >= 0.3 is 0 Å². The number of carbonyl (C=O) groups excluding carboxylic acids is 2. The second kappa shape index (κ2) is 14.3. The Kier molecular flexibility index (Phi) is 10.4. The van der Waals surface area contributed by atoms with Gasteiger partial charge in [-0.3, -0.25) is 9.59 Å². The Bertz CT molecular complexity index is 1710. The minimum atomic E-state index is -3.97. The molecule has 2 aromatic rings. The van der Waals surface area contributed by atoms with E-state index < -0.39 is 27.3 Å². The molecule has 0 aromatic heterocycles. The largest absolute Gasteiger partial charge is 0.490 e. The molecule has 2 bridgehead atoms. The van der Waals surface area contributed by atoms with Gasteiger partial charge < -0.3 is 19.3 Å². The molecule has 2 aliphatic heterocycles. The fourth-order valence-electron chi connectivity index (χ4n) is 8.09. The third-order valence-corrected chi connectivity index (χ3v) is 13.6. The predicted molar refractivity (Wildman–Crippen MR) is 193 cm³/mol. The molecule has 49 heavy (non-hydrogen) atoms. The molecule has 2 aliphatic carbocycles. The number of nitrogens with one attached hydrogen (secondary N) is 1. The molecule has 266 valence electrons. The first-order chi connectivity index (χ1) is 23.3. The van der Waals surface area contributed by atoms with Gasteiger partial charge in [-0.25, -0.2) is 13.1 Å². The lowest BCUT2D eigenvalue weighted by Gasteiger charge is -2.46. The zero-order valence-electron chi connectivity index (χ0n) is 29.3. The van der Waals surface area contributed by atoms with E-state index in [0.29, 0.717) is 38.3 Å². The number of likely N-dealkylation sites (N-methyl/N-ethyl adjacent to an activating group) is 1. The number of ether oxygens (including phenoxy) is 2. The Balaban J connectivity index is 1.42. The van der Waals surface area contributed by atoms with Crippen LogP contribution < -0.4 is 14.4 Å². The SMILES string of the molecule is CC[C@H](O[C@H]1/C=C\C[C@H](C)[C@@H](C)S(=O)(=O)NC(=O)c2ccc3c(c2)N(C[C@@H]2CC[C@H]21)C[C@@]1(CCCc2cc(Cl)ccc21)CO3)C(=O)N(C)C. The van der Waals surface area contributed by atoms with Gasteiger partial charge in [0.25, 0.3) is 11.8 Å². The lowest BCUT2D eigenvalue weighted by molar-refractivity contribution is -0.148. The second-order valence-corrected chi connectivity index (χ2v) is 17.3. The van der Waals surface area contributed by atoms with Gasteiger partial charge in [0.1, 0.15) is 11.9 Å². The maximum Gasteiger partial charge on any atom is 0.264 e. The number of benzene rings is 2. The highest BCUT2D eigenvalue weighted by atomic mass is 35.5. The standard InChI is InChI=1S/C38H50ClN3O6S/c1-6-33(37(44)41(4)5)48-34-11-7-9-24(2)25(3)49(45,46)40-36(43)27-13-17-35-32(20-27)42(21-28-12-15-30(28)34)22-38(23-47-35)18-8-10-26-19-29(39)14-16-31(26)38/h7,11,13-14,16-17,19-20,24-25,28,30,33-34H,6,8-10,12,15,18,21-23H2,1-5H3,(H,40,43)/b11-7-/t24-,25+,28-,30+,33-,34-,38-/m0/s1. The Morgan fingerprint density at radius 1 is 1.18 bits per heavy atom. The van der Waals surface area contributed by atoms with Crippen molar-refractivity contribution in [2.75, 3.05) is 38.7 Å². The van der Waals surface area contributed by atoms with E-state index in [2.05, 4.69) is 21.8 Å². The molecule has 1 spiro atoms. The fourth-order valence-corrected chi connectivity index (χ4v) is 9.57. The Hall–Kier alpha value is -3.08. The summed E-state index contributed by atoms with van der Waals surface area (Å²) in [5, 5.41) is -0.0913. The van der Waals surface area contributed by atoms with Crippen molar-refractivity contribution < 1.29 is 27.5 Å². The first-order valence-corrected chi connectivity index (χ1v) is 19.6. The molecule has 0 unspecified atom stereocenters. The van der Waals surface area contributed by atoms with E-state index in [1.807, 2.05) is 32.1 Å². The van der Waals surface area contributed by atoms with Crippen LogP contribution in [0.1, 0.15) is 80.8 Å². The summed E-state index contributed by atoms with van der Waals surface area (Å²) in [6, 6.07) is 11.4. The van der Waals surface area contributed by atoms with Crippen molar-refractivity contribution in [3.05, 3.63) is 70.3 Å². The first kappa shape index (κ1) is 35.7. The van der Waals surface area contributed by atoms with Gasteiger partial charge in [-0.2, -0.15) is 0 Å². The molecule has 0 saturated heterocycles. The minimum absolute atomic E-state index is 0.0631. The number of hydrogen-bond donors (Lipinski definition) is 1. The Labute approximate surface area is 296 Å². The number of nitrogens with zero attached hydrogens (tertiary/aromatic N) is 2. The summed E-state index contributed by atoms with van der Waals surface area (Å²) in [5.74, 6) is 0.126. The van der Waals surface area contributed by atoms with Crippen molar-refractivity contribution in [1.29, 1.82) is 0 Å². The van der Waals surface area contributed by atoms with Crippen molar-refractivity contribution in [1.82, 2.24) is 9.62 Å². The second-order valence-electron chi connectivity index (χ2n) is 14.8. The van der Waals surface area contributed by atoms with Gasteiger partial charge in [-0.05, 0) is 111 Å². The highest BCUT2D eigenvalue weighted by Crippen LogP contribution is 2.47. The normalized spacial score (nSPS) is 30.8. The molecule has 4 aliphatic rings. The average Bonchev–Trinajstić information content (AvgIpc) is 3.20. The third kappa shape index (κ3) is 7.24. The van der Waals surface area contributed by atoms with Crippen molar-refractivity contribution in [2.45, 2.75) is 88.6 Å². The van der Waals surface area contributed by atoms with E-state index in [0.717, 1.165) is 42.8 Å². The summed E-state index contributed by atoms with van der Waals surface area (Å²) in [4.78, 5) is 30.6. The lowest BCUT2D eigenvalue weighted by atomic mass is 9.68. The third-order valence-electron chi connectivity index (χ3n) is 11.4. The predicted octanol–water partition coefficient (Wildman–Crippen LogP) is 6.14. The molecule has 2 amide bonds. The van der Waals surface area contributed by atoms with Crippen LogP contribution in [0, 0.1) is 17.8 Å². The monoisotopic (exact) mass is 711 g/mol. The summed E-state index contributed by atoms with van der Waals surface area (Å²) in [7, 11) is -0.477. The molecule has 7 atom stereocenters. The van der Waals surface area contributed by atoms with Crippen LogP contribution in [-0.2, 0) is 31.4 Å². The summed E-state index contributed by atoms with van der Waals surface area (Å²) < 4.78 is 42.5. The Morgan fingerprint density at radius 3 is 2.69 bits per heavy atom. The fraction of sp³-hybridized carbons (Fsp3) is 0.579. The number of carbonyl (C=O) groups is 2. The molecule has 1 N–H and O–H groups in total. The average molecular weight is 712 g/mol. The zero-order valence-corrected chi connectivity index (χ0v) is 30.9. The van der Waals surface area contributed by atoms with Gasteiger partial charge in [-0.1, -0.05) is 43.7 Å². The smallest absolute Gasteiger partial charge is 0.264 e. The summed E-state index contributed by atoms with van der Waals surface area (Å²) in [6.45, 7) is 7.33.